The second-order valence-electron chi connectivity index (χ2n) is 8.09. The highest BCUT2D eigenvalue weighted by Gasteiger charge is 2.77. The average molecular weight is 407 g/mol. The Kier molecular flexibility index (Phi) is 3.48. The van der Waals surface area contributed by atoms with E-state index in [1.165, 1.54) is 17.0 Å². The van der Waals surface area contributed by atoms with E-state index in [1.54, 1.807) is 6.92 Å². The Morgan fingerprint density at radius 1 is 1.41 bits per heavy atom. The monoisotopic (exact) mass is 407 g/mol. The minimum absolute atomic E-state index is 0.0169. The maximum absolute atomic E-state index is 13.4. The first-order chi connectivity index (χ1) is 13.7. The molecule has 2 bridgehead atoms. The Morgan fingerprint density at radius 2 is 2.17 bits per heavy atom. The van der Waals surface area contributed by atoms with Crippen molar-refractivity contribution in [1.29, 1.82) is 5.26 Å². The summed E-state index contributed by atoms with van der Waals surface area (Å²) in [5.41, 5.74) is -3.02. The Bertz CT molecular complexity index is 1000. The number of fused-ring (bicyclic) bond motifs is 2. The van der Waals surface area contributed by atoms with Gasteiger partial charge in [-0.25, -0.2) is 0 Å². The van der Waals surface area contributed by atoms with Crippen LogP contribution >= 0.6 is 0 Å². The molecule has 4 fully saturated rings. The van der Waals surface area contributed by atoms with Crippen LogP contribution in [0.25, 0.3) is 0 Å². The Balaban J connectivity index is 1.64. The van der Waals surface area contributed by atoms with Crippen LogP contribution in [-0.2, 0) is 20.4 Å². The number of alkyl halides is 3. The van der Waals surface area contributed by atoms with Crippen LogP contribution in [0, 0.1) is 23.2 Å². The van der Waals surface area contributed by atoms with Crippen LogP contribution in [-0.4, -0.2) is 40.9 Å². The summed E-state index contributed by atoms with van der Waals surface area (Å²) in [6.07, 6.45) is -4.90. The molecule has 152 valence electrons. The lowest BCUT2D eigenvalue weighted by Crippen LogP contribution is -2.55. The number of nitriles is 1. The van der Waals surface area contributed by atoms with Crippen LogP contribution in [0.4, 0.5) is 18.9 Å². The summed E-state index contributed by atoms with van der Waals surface area (Å²) in [6.45, 7) is 1.96. The van der Waals surface area contributed by atoms with Gasteiger partial charge in [0, 0.05) is 18.5 Å². The van der Waals surface area contributed by atoms with Crippen molar-refractivity contribution in [2.45, 2.75) is 43.4 Å². The summed E-state index contributed by atoms with van der Waals surface area (Å²) in [7, 11) is 0. The van der Waals surface area contributed by atoms with E-state index in [1.807, 2.05) is 0 Å². The lowest BCUT2D eigenvalue weighted by molar-refractivity contribution is -0.138. The highest BCUT2D eigenvalue weighted by molar-refractivity contribution is 6.06. The van der Waals surface area contributed by atoms with Gasteiger partial charge >= 0.3 is 6.18 Å². The zero-order valence-corrected chi connectivity index (χ0v) is 15.2. The molecule has 10 heteroatoms. The predicted molar refractivity (Wildman–Crippen MR) is 91.0 cm³/mol. The number of oxime groups is 1. The standard InChI is InChI=1S/C19H16F3N3O4/c1-17-7-12(24-27)18(29-17)4-5-28-16-14(18)13(17)15(26)25(16)10-3-2-9(8-23)11(6-10)19(20,21)22/h2-3,6,13-14,16,27H,4-5,7H2,1H3/b24-12+/t13-,14+,16+,17-,18+/m1/s1. The van der Waals surface area contributed by atoms with Gasteiger partial charge in [0.15, 0.2) is 0 Å². The van der Waals surface area contributed by atoms with Crippen molar-refractivity contribution in [2.24, 2.45) is 17.0 Å². The number of hydrogen-bond acceptors (Lipinski definition) is 6. The van der Waals surface area contributed by atoms with Gasteiger partial charge < -0.3 is 14.7 Å². The molecule has 4 aliphatic rings. The van der Waals surface area contributed by atoms with Crippen molar-refractivity contribution in [1.82, 2.24) is 0 Å². The van der Waals surface area contributed by atoms with Gasteiger partial charge in [-0.3, -0.25) is 9.69 Å². The first kappa shape index (κ1) is 18.4. The second-order valence-corrected chi connectivity index (χ2v) is 8.09. The van der Waals surface area contributed by atoms with Gasteiger partial charge in [-0.15, -0.1) is 0 Å². The van der Waals surface area contributed by atoms with Gasteiger partial charge in [-0.1, -0.05) is 5.16 Å². The van der Waals surface area contributed by atoms with Gasteiger partial charge in [0.25, 0.3) is 0 Å². The molecule has 4 aliphatic heterocycles. The maximum atomic E-state index is 13.4. The highest BCUT2D eigenvalue weighted by Crippen LogP contribution is 2.64. The third kappa shape index (κ3) is 2.14. The number of rotatable bonds is 1. The molecular formula is C19H16F3N3O4. The van der Waals surface area contributed by atoms with Crippen LogP contribution in [0.3, 0.4) is 0 Å². The molecule has 5 rings (SSSR count). The van der Waals surface area contributed by atoms with E-state index in [4.69, 9.17) is 14.7 Å². The number of amides is 1. The zero-order valence-electron chi connectivity index (χ0n) is 15.2. The molecule has 0 aliphatic carbocycles. The summed E-state index contributed by atoms with van der Waals surface area (Å²) in [5, 5.41) is 21.9. The molecule has 29 heavy (non-hydrogen) atoms. The van der Waals surface area contributed by atoms with Gasteiger partial charge in [-0.2, -0.15) is 18.4 Å². The molecule has 1 amide bonds. The van der Waals surface area contributed by atoms with E-state index in [0.29, 0.717) is 12.1 Å². The molecule has 1 aromatic rings. The fourth-order valence-electron chi connectivity index (χ4n) is 5.60. The molecule has 7 nitrogen and oxygen atoms in total. The fraction of sp³-hybridized carbons (Fsp3) is 0.526. The van der Waals surface area contributed by atoms with Crippen molar-refractivity contribution in [3.63, 3.8) is 0 Å². The van der Waals surface area contributed by atoms with Crippen LogP contribution in [0.15, 0.2) is 23.4 Å². The summed E-state index contributed by atoms with van der Waals surface area (Å²) in [5.74, 6) is -1.50. The van der Waals surface area contributed by atoms with Crippen LogP contribution in [0.5, 0.6) is 0 Å². The first-order valence-electron chi connectivity index (χ1n) is 9.14. The molecule has 0 radical (unpaired) electrons. The van der Waals surface area contributed by atoms with Crippen molar-refractivity contribution < 1.29 is 32.6 Å². The Morgan fingerprint density at radius 3 is 2.83 bits per heavy atom. The molecule has 4 saturated heterocycles. The van der Waals surface area contributed by atoms with Crippen molar-refractivity contribution in [3.8, 4) is 6.07 Å². The highest BCUT2D eigenvalue weighted by atomic mass is 19.4. The summed E-state index contributed by atoms with van der Waals surface area (Å²) in [4.78, 5) is 14.6. The summed E-state index contributed by atoms with van der Waals surface area (Å²) >= 11 is 0. The SMILES string of the molecule is C[C@@]12C/C(=N\O)[C@]3(CCO[C@H]4[C@@H]3[C@@H]1C(=O)N4c1ccc(C#N)c(C(F)(F)F)c1)O2. The van der Waals surface area contributed by atoms with Crippen molar-refractivity contribution >= 4 is 17.3 Å². The third-order valence-corrected chi connectivity index (χ3v) is 6.63. The van der Waals surface area contributed by atoms with Gasteiger partial charge in [-0.05, 0) is 25.1 Å². The molecular weight excluding hydrogens is 391 g/mol. The Labute approximate surface area is 163 Å². The van der Waals surface area contributed by atoms with E-state index in [-0.39, 0.29) is 24.6 Å². The van der Waals surface area contributed by atoms with E-state index in [9.17, 15) is 23.2 Å². The number of nitrogens with zero attached hydrogens (tertiary/aromatic N) is 3. The van der Waals surface area contributed by atoms with Crippen LogP contribution in [0.1, 0.15) is 30.9 Å². The third-order valence-electron chi connectivity index (χ3n) is 6.63. The summed E-state index contributed by atoms with van der Waals surface area (Å²) in [6, 6.07) is 4.74. The molecule has 5 atom stereocenters. The van der Waals surface area contributed by atoms with Crippen molar-refractivity contribution in [2.75, 3.05) is 11.5 Å². The maximum Gasteiger partial charge on any atom is 0.417 e. The van der Waals surface area contributed by atoms with E-state index in [2.05, 4.69) is 5.16 Å². The average Bonchev–Trinajstić information content (AvgIpc) is 3.24. The van der Waals surface area contributed by atoms with E-state index < -0.39 is 46.6 Å². The lowest BCUT2D eigenvalue weighted by atomic mass is 9.65. The smallest absolute Gasteiger partial charge is 0.411 e. The number of hydrogen-bond donors (Lipinski definition) is 1. The topological polar surface area (TPSA) is 95.2 Å². The molecule has 1 spiro atoms. The van der Waals surface area contributed by atoms with Gasteiger partial charge in [0.2, 0.25) is 5.91 Å². The van der Waals surface area contributed by atoms with E-state index >= 15 is 0 Å². The number of carbonyl (C=O) groups is 1. The largest absolute Gasteiger partial charge is 0.417 e. The Hall–Kier alpha value is -2.64. The molecule has 1 N–H and O–H groups in total. The molecule has 0 unspecified atom stereocenters. The number of anilines is 1. The normalized spacial score (nSPS) is 39.1. The van der Waals surface area contributed by atoms with Gasteiger partial charge in [0.05, 0.1) is 47.0 Å². The lowest BCUT2D eigenvalue weighted by Gasteiger charge is -2.41. The van der Waals surface area contributed by atoms with E-state index in [0.717, 1.165) is 12.1 Å². The number of ether oxygens (including phenoxy) is 2. The van der Waals surface area contributed by atoms with Crippen molar-refractivity contribution in [3.05, 3.63) is 29.3 Å². The number of halogens is 3. The minimum Gasteiger partial charge on any atom is -0.411 e. The van der Waals surface area contributed by atoms with Crippen LogP contribution in [0.2, 0.25) is 0 Å². The first-order valence-corrected chi connectivity index (χ1v) is 9.14. The molecule has 4 heterocycles. The number of benzene rings is 1. The predicted octanol–water partition coefficient (Wildman–Crippen LogP) is 2.66. The van der Waals surface area contributed by atoms with Crippen LogP contribution < -0.4 is 4.90 Å². The zero-order chi connectivity index (χ0) is 20.8. The van der Waals surface area contributed by atoms with Gasteiger partial charge in [0.1, 0.15) is 11.8 Å². The molecule has 0 saturated carbocycles. The second kappa shape index (κ2) is 5.49. The summed E-state index contributed by atoms with van der Waals surface area (Å²) < 4.78 is 52.3. The molecule has 0 aromatic heterocycles. The number of carbonyl (C=O) groups excluding carboxylic acids is 1. The quantitative estimate of drug-likeness (QED) is 0.571. The fourth-order valence-corrected chi connectivity index (χ4v) is 5.60. The molecule has 1 aromatic carbocycles. The minimum atomic E-state index is -4.74.